The summed E-state index contributed by atoms with van der Waals surface area (Å²) in [7, 11) is 0. The van der Waals surface area contributed by atoms with E-state index in [1.54, 1.807) is 0 Å². The first-order valence-electron chi connectivity index (χ1n) is 9.63. The molecule has 1 N–H and O–H groups in total. The smallest absolute Gasteiger partial charge is 0.267 e. The van der Waals surface area contributed by atoms with Crippen LogP contribution in [0.5, 0.6) is 0 Å². The molecule has 154 valence electrons. The number of halogens is 1. The monoisotopic (exact) mass is 401 g/mol. The van der Waals surface area contributed by atoms with Crippen LogP contribution in [0.15, 0.2) is 39.9 Å². The molecule has 1 amide bonds. The van der Waals surface area contributed by atoms with Crippen LogP contribution in [-0.2, 0) is 11.3 Å². The molecule has 2 aromatic heterocycles. The summed E-state index contributed by atoms with van der Waals surface area (Å²) in [6, 6.07) is 5.56. The van der Waals surface area contributed by atoms with Crippen molar-refractivity contribution in [1.29, 1.82) is 0 Å². The van der Waals surface area contributed by atoms with Crippen molar-refractivity contribution in [3.8, 4) is 11.3 Å². The molecule has 3 aromatic rings. The Kier molecular flexibility index (Phi) is 6.71. The Hall–Kier alpha value is -3.07. The largest absolute Gasteiger partial charge is 0.354 e. The molecule has 0 aliphatic heterocycles. The summed E-state index contributed by atoms with van der Waals surface area (Å²) >= 11 is 0. The first kappa shape index (κ1) is 20.7. The van der Waals surface area contributed by atoms with Crippen LogP contribution in [-0.4, -0.2) is 51.7 Å². The molecule has 8 nitrogen and oxygen atoms in total. The van der Waals surface area contributed by atoms with Crippen LogP contribution in [0.3, 0.4) is 0 Å². The molecular weight excluding hydrogens is 377 g/mol. The second-order valence-corrected chi connectivity index (χ2v) is 6.63. The van der Waals surface area contributed by atoms with E-state index in [-0.39, 0.29) is 29.2 Å². The fourth-order valence-electron chi connectivity index (χ4n) is 3.08. The van der Waals surface area contributed by atoms with Crippen molar-refractivity contribution in [2.24, 2.45) is 0 Å². The van der Waals surface area contributed by atoms with Gasteiger partial charge in [-0.25, -0.2) is 9.37 Å². The normalized spacial score (nSPS) is 11.3. The number of hydrogen-bond acceptors (Lipinski definition) is 6. The lowest BCUT2D eigenvalue weighted by Gasteiger charge is -2.17. The van der Waals surface area contributed by atoms with Gasteiger partial charge in [0.25, 0.3) is 11.3 Å². The number of nitrogens with one attached hydrogen (secondary N) is 1. The van der Waals surface area contributed by atoms with Gasteiger partial charge in [-0.3, -0.25) is 14.2 Å². The average molecular weight is 401 g/mol. The van der Waals surface area contributed by atoms with E-state index in [0.29, 0.717) is 12.1 Å². The van der Waals surface area contributed by atoms with Crippen molar-refractivity contribution in [1.82, 2.24) is 24.9 Å². The third-order valence-corrected chi connectivity index (χ3v) is 4.76. The molecule has 9 heteroatoms. The van der Waals surface area contributed by atoms with Gasteiger partial charge in [0.2, 0.25) is 5.91 Å². The summed E-state index contributed by atoms with van der Waals surface area (Å²) in [5, 5.41) is 6.87. The standard InChI is InChI=1S/C20H24FN5O3/c1-3-25(4-2)11-5-10-22-16(27)12-26-13-23-19-17(20(26)28)18(24-29-19)14-6-8-15(21)9-7-14/h6-9,13H,3-5,10-12H2,1-2H3,(H,22,27). The highest BCUT2D eigenvalue weighted by Crippen LogP contribution is 2.24. The number of carbonyl (C=O) groups is 1. The van der Waals surface area contributed by atoms with Gasteiger partial charge in [0.15, 0.2) is 0 Å². The molecule has 1 aromatic carbocycles. The van der Waals surface area contributed by atoms with E-state index in [0.717, 1.165) is 26.1 Å². The number of aromatic nitrogens is 3. The quantitative estimate of drug-likeness (QED) is 0.552. The van der Waals surface area contributed by atoms with Gasteiger partial charge < -0.3 is 14.7 Å². The minimum Gasteiger partial charge on any atom is -0.354 e. The Morgan fingerprint density at radius 3 is 2.66 bits per heavy atom. The molecule has 0 aliphatic carbocycles. The van der Waals surface area contributed by atoms with Gasteiger partial charge in [0, 0.05) is 12.1 Å². The van der Waals surface area contributed by atoms with Gasteiger partial charge in [-0.1, -0.05) is 19.0 Å². The van der Waals surface area contributed by atoms with E-state index in [4.69, 9.17) is 4.52 Å². The number of rotatable bonds is 9. The molecule has 0 bridgehead atoms. The molecule has 0 saturated carbocycles. The number of nitrogens with zero attached hydrogens (tertiary/aromatic N) is 4. The molecule has 0 radical (unpaired) electrons. The van der Waals surface area contributed by atoms with Gasteiger partial charge >= 0.3 is 0 Å². The Labute approximate surface area is 167 Å². The highest BCUT2D eigenvalue weighted by atomic mass is 19.1. The zero-order valence-electron chi connectivity index (χ0n) is 16.5. The Morgan fingerprint density at radius 2 is 1.97 bits per heavy atom. The van der Waals surface area contributed by atoms with E-state index in [9.17, 15) is 14.0 Å². The lowest BCUT2D eigenvalue weighted by Crippen LogP contribution is -2.34. The van der Waals surface area contributed by atoms with Gasteiger partial charge in [-0.05, 0) is 50.3 Å². The van der Waals surface area contributed by atoms with Crippen molar-refractivity contribution in [2.45, 2.75) is 26.8 Å². The van der Waals surface area contributed by atoms with Gasteiger partial charge in [-0.2, -0.15) is 0 Å². The summed E-state index contributed by atoms with van der Waals surface area (Å²) < 4.78 is 19.5. The van der Waals surface area contributed by atoms with E-state index >= 15 is 0 Å². The summed E-state index contributed by atoms with van der Waals surface area (Å²) in [5.74, 6) is -0.665. The number of benzene rings is 1. The van der Waals surface area contributed by atoms with Crippen LogP contribution in [0.1, 0.15) is 20.3 Å². The second kappa shape index (κ2) is 9.42. The maximum Gasteiger partial charge on any atom is 0.267 e. The molecule has 0 fully saturated rings. The number of fused-ring (bicyclic) bond motifs is 1. The predicted octanol–water partition coefficient (Wildman–Crippen LogP) is 2.04. The lowest BCUT2D eigenvalue weighted by molar-refractivity contribution is -0.121. The maximum absolute atomic E-state index is 13.2. The minimum atomic E-state index is -0.436. The fourth-order valence-corrected chi connectivity index (χ4v) is 3.08. The molecule has 0 aliphatic rings. The van der Waals surface area contributed by atoms with Crippen molar-refractivity contribution >= 4 is 17.0 Å². The van der Waals surface area contributed by atoms with Crippen molar-refractivity contribution in [3.63, 3.8) is 0 Å². The summed E-state index contributed by atoms with van der Waals surface area (Å²) in [6.07, 6.45) is 2.10. The van der Waals surface area contributed by atoms with Crippen molar-refractivity contribution < 1.29 is 13.7 Å². The van der Waals surface area contributed by atoms with E-state index in [2.05, 4.69) is 34.2 Å². The third-order valence-electron chi connectivity index (χ3n) is 4.76. The lowest BCUT2D eigenvalue weighted by atomic mass is 10.1. The average Bonchev–Trinajstić information content (AvgIpc) is 3.16. The second-order valence-electron chi connectivity index (χ2n) is 6.63. The fraction of sp³-hybridized carbons (Fsp3) is 0.400. The first-order chi connectivity index (χ1) is 14.0. The molecule has 0 unspecified atom stereocenters. The SMILES string of the molecule is CCN(CC)CCCNC(=O)Cn1cnc2onc(-c3ccc(F)cc3)c2c1=O. The molecule has 0 saturated heterocycles. The van der Waals surface area contributed by atoms with E-state index in [1.165, 1.54) is 35.2 Å². The highest BCUT2D eigenvalue weighted by Gasteiger charge is 2.18. The van der Waals surface area contributed by atoms with Crippen molar-refractivity contribution in [3.05, 3.63) is 46.8 Å². The first-order valence-corrected chi connectivity index (χ1v) is 9.63. The van der Waals surface area contributed by atoms with Crippen LogP contribution >= 0.6 is 0 Å². The number of amides is 1. The van der Waals surface area contributed by atoms with E-state index in [1.807, 2.05) is 0 Å². The topological polar surface area (TPSA) is 93.3 Å². The molecule has 0 atom stereocenters. The zero-order chi connectivity index (χ0) is 20.8. The maximum atomic E-state index is 13.2. The van der Waals surface area contributed by atoms with Gasteiger partial charge in [-0.15, -0.1) is 0 Å². The van der Waals surface area contributed by atoms with E-state index < -0.39 is 11.4 Å². The molecule has 29 heavy (non-hydrogen) atoms. The molecule has 3 rings (SSSR count). The van der Waals surface area contributed by atoms with Gasteiger partial charge in [0.1, 0.15) is 29.8 Å². The van der Waals surface area contributed by atoms with Gasteiger partial charge in [0.05, 0.1) is 0 Å². The van der Waals surface area contributed by atoms with Crippen molar-refractivity contribution in [2.75, 3.05) is 26.2 Å². The molecule has 2 heterocycles. The van der Waals surface area contributed by atoms with Crippen LogP contribution in [0.2, 0.25) is 0 Å². The summed E-state index contributed by atoms with van der Waals surface area (Å²) in [5.41, 5.74) is 0.438. The number of hydrogen-bond donors (Lipinski definition) is 1. The summed E-state index contributed by atoms with van der Waals surface area (Å²) in [4.78, 5) is 31.4. The Bertz CT molecular complexity index is 1020. The number of carbonyl (C=O) groups excluding carboxylic acids is 1. The van der Waals surface area contributed by atoms with Crippen LogP contribution in [0, 0.1) is 5.82 Å². The highest BCUT2D eigenvalue weighted by molar-refractivity contribution is 5.88. The molecule has 0 spiro atoms. The zero-order valence-corrected chi connectivity index (χ0v) is 16.5. The third kappa shape index (κ3) is 4.86. The molecular formula is C20H24FN5O3. The Morgan fingerprint density at radius 1 is 1.24 bits per heavy atom. The van der Waals surface area contributed by atoms with Crippen LogP contribution in [0.25, 0.3) is 22.4 Å². The Balaban J connectivity index is 1.71. The predicted molar refractivity (Wildman–Crippen MR) is 107 cm³/mol. The van der Waals surface area contributed by atoms with Crippen LogP contribution < -0.4 is 10.9 Å². The minimum absolute atomic E-state index is 0.0743. The van der Waals surface area contributed by atoms with Crippen LogP contribution in [0.4, 0.5) is 4.39 Å². The summed E-state index contributed by atoms with van der Waals surface area (Å²) in [6.45, 7) is 7.43.